The van der Waals surface area contributed by atoms with Crippen molar-refractivity contribution in [1.29, 1.82) is 0 Å². The zero-order valence-electron chi connectivity index (χ0n) is 10.9. The minimum absolute atomic E-state index is 0.141. The van der Waals surface area contributed by atoms with Crippen LogP contribution in [0.3, 0.4) is 0 Å². The number of alkyl halides is 11. The van der Waals surface area contributed by atoms with Gasteiger partial charge in [-0.3, -0.25) is 4.79 Å². The first kappa shape index (κ1) is 23.5. The monoisotopic (exact) mass is 440 g/mol. The molecular formula is C8H5Cl2F11O2Si. The molecule has 0 aliphatic rings. The number of hydrogen-bond donors (Lipinski definition) is 0. The summed E-state index contributed by atoms with van der Waals surface area (Å²) in [4.78, 5) is 10.8. The third-order valence-corrected chi connectivity index (χ3v) is 4.11. The van der Waals surface area contributed by atoms with Crippen LogP contribution in [0.5, 0.6) is 0 Å². The van der Waals surface area contributed by atoms with E-state index in [0.717, 1.165) is 0 Å². The fourth-order valence-corrected chi connectivity index (χ4v) is 1.76. The first-order valence-corrected chi connectivity index (χ1v) is 9.38. The lowest BCUT2D eigenvalue weighted by molar-refractivity contribution is -0.427. The molecule has 0 radical (unpaired) electrons. The van der Waals surface area contributed by atoms with Crippen molar-refractivity contribution < 1.29 is 57.8 Å². The van der Waals surface area contributed by atoms with Gasteiger partial charge in [0.2, 0.25) is 0 Å². The Hall–Kier alpha value is -0.503. The molecule has 2 nitrogen and oxygen atoms in total. The van der Waals surface area contributed by atoms with E-state index in [1.807, 2.05) is 0 Å². The second-order valence-electron chi connectivity index (χ2n) is 4.22. The van der Waals surface area contributed by atoms with Crippen molar-refractivity contribution in [2.75, 3.05) is 0 Å². The summed E-state index contributed by atoms with van der Waals surface area (Å²) in [7, 11) is -3.56. The molecular weight excluding hydrogens is 436 g/mol. The lowest BCUT2D eigenvalue weighted by atomic mass is 9.95. The van der Waals surface area contributed by atoms with Crippen LogP contribution in [0.4, 0.5) is 53.1 Å². The minimum Gasteiger partial charge on any atom is -0.458 e. The van der Waals surface area contributed by atoms with Gasteiger partial charge in [-0.1, -0.05) is 0 Å². The molecule has 0 rings (SSSR count). The van der Waals surface area contributed by atoms with Crippen LogP contribution >= 0.6 is 22.2 Å². The van der Waals surface area contributed by atoms with Gasteiger partial charge in [0.05, 0.1) is 0 Å². The van der Waals surface area contributed by atoms with E-state index in [1.54, 1.807) is 0 Å². The maximum atomic E-state index is 13.4. The Morgan fingerprint density at radius 1 is 0.833 bits per heavy atom. The van der Waals surface area contributed by atoms with Crippen LogP contribution in [0, 0.1) is 0 Å². The van der Waals surface area contributed by atoms with Crippen LogP contribution in [0.2, 0.25) is 0 Å². The van der Waals surface area contributed by atoms with Crippen LogP contribution in [0.25, 0.3) is 0 Å². The molecule has 0 aromatic rings. The molecule has 0 bridgehead atoms. The highest BCUT2D eigenvalue weighted by Gasteiger charge is 2.88. The highest BCUT2D eigenvalue weighted by Crippen LogP contribution is 2.58. The highest BCUT2D eigenvalue weighted by atomic mass is 35.7. The number of rotatable bonds is 6. The van der Waals surface area contributed by atoms with Crippen molar-refractivity contribution in [2.24, 2.45) is 0 Å². The zero-order valence-corrected chi connectivity index (χ0v) is 13.6. The molecule has 0 fully saturated rings. The summed E-state index contributed by atoms with van der Waals surface area (Å²) >= 11 is 9.88. The topological polar surface area (TPSA) is 26.3 Å². The molecule has 0 aromatic carbocycles. The van der Waals surface area contributed by atoms with Gasteiger partial charge >= 0.3 is 42.9 Å². The van der Waals surface area contributed by atoms with Gasteiger partial charge in [0, 0.05) is 0 Å². The quantitative estimate of drug-likeness (QED) is 0.333. The van der Waals surface area contributed by atoms with Gasteiger partial charge in [0.15, 0.2) is 6.10 Å². The smallest absolute Gasteiger partial charge is 0.458 e. The zero-order chi connectivity index (χ0) is 19.9. The Kier molecular flexibility index (Phi) is 6.52. The fourth-order valence-electron chi connectivity index (χ4n) is 1.14. The normalized spacial score (nSPS) is 16.3. The molecule has 0 saturated carbocycles. The number of hydrogen-bond acceptors (Lipinski definition) is 2. The Balaban J connectivity index is 5.88. The first-order chi connectivity index (χ1) is 10.2. The van der Waals surface area contributed by atoms with Crippen LogP contribution in [-0.2, 0) is 4.74 Å². The lowest BCUT2D eigenvalue weighted by Crippen LogP contribution is -2.68. The molecule has 0 amide bonds. The summed E-state index contributed by atoms with van der Waals surface area (Å²) in [6.07, 6.45) is -10.8. The third kappa shape index (κ3) is 3.69. The van der Waals surface area contributed by atoms with Gasteiger partial charge < -0.3 is 4.74 Å². The van der Waals surface area contributed by atoms with Gasteiger partial charge in [-0.15, -0.1) is 22.2 Å². The number of carbonyl (C=O) groups is 1. The number of halogens is 13. The Labute approximate surface area is 136 Å². The fraction of sp³-hybridized carbons (Fsp3) is 0.875. The van der Waals surface area contributed by atoms with Crippen LogP contribution in [-0.4, -0.2) is 49.0 Å². The van der Waals surface area contributed by atoms with Gasteiger partial charge in [0.1, 0.15) is 0 Å². The molecule has 0 N–H and O–H groups in total. The molecule has 16 heteroatoms. The third-order valence-electron chi connectivity index (χ3n) is 2.55. The summed E-state index contributed by atoms with van der Waals surface area (Å²) in [5.74, 6) is -28.7. The molecule has 0 spiro atoms. The van der Waals surface area contributed by atoms with E-state index in [9.17, 15) is 53.1 Å². The molecule has 0 heterocycles. The van der Waals surface area contributed by atoms with E-state index in [4.69, 9.17) is 22.2 Å². The number of carbonyl (C=O) groups excluding carboxylic acids is 1. The highest BCUT2D eigenvalue weighted by molar-refractivity contribution is 7.46. The standard InChI is InChI=1S/C8H5Cl2F11O2Si/c1-2(23-3(22)24(9)10)4(11,12)5(13,14)6(15,16)7(17,18)8(19,20)21/h2,24H,1H3. The van der Waals surface area contributed by atoms with Crippen molar-refractivity contribution in [2.45, 2.75) is 42.9 Å². The summed E-state index contributed by atoms with van der Waals surface area (Å²) in [6, 6.07) is 0. The van der Waals surface area contributed by atoms with E-state index in [2.05, 4.69) is 4.74 Å². The average Bonchev–Trinajstić information content (AvgIpc) is 2.36. The molecule has 1 unspecified atom stereocenters. The average molecular weight is 441 g/mol. The first-order valence-electron chi connectivity index (χ1n) is 5.31. The second kappa shape index (κ2) is 6.66. The van der Waals surface area contributed by atoms with E-state index in [-0.39, 0.29) is 6.92 Å². The second-order valence-corrected chi connectivity index (χ2v) is 8.59. The van der Waals surface area contributed by atoms with Gasteiger partial charge in [-0.05, 0) is 6.92 Å². The van der Waals surface area contributed by atoms with Crippen molar-refractivity contribution in [1.82, 2.24) is 0 Å². The van der Waals surface area contributed by atoms with Crippen molar-refractivity contribution in [3.05, 3.63) is 0 Å². The molecule has 0 saturated heterocycles. The Morgan fingerprint density at radius 2 is 1.21 bits per heavy atom. The van der Waals surface area contributed by atoms with Gasteiger partial charge in [-0.25, -0.2) is 0 Å². The van der Waals surface area contributed by atoms with E-state index in [1.165, 1.54) is 0 Å². The molecule has 144 valence electrons. The Bertz CT molecular complexity index is 479. The van der Waals surface area contributed by atoms with Crippen molar-refractivity contribution in [3.8, 4) is 0 Å². The van der Waals surface area contributed by atoms with Crippen molar-refractivity contribution in [3.63, 3.8) is 0 Å². The Morgan fingerprint density at radius 3 is 1.50 bits per heavy atom. The largest absolute Gasteiger partial charge is 0.460 e. The van der Waals surface area contributed by atoms with Crippen LogP contribution in [0.1, 0.15) is 6.92 Å². The maximum absolute atomic E-state index is 13.4. The summed E-state index contributed by atoms with van der Waals surface area (Å²) in [5, 5.41) is 0. The number of ether oxygens (including phenoxy) is 1. The van der Waals surface area contributed by atoms with Crippen LogP contribution in [0.15, 0.2) is 0 Å². The van der Waals surface area contributed by atoms with E-state index >= 15 is 0 Å². The SMILES string of the molecule is CC(OC(=O)[SiH](Cl)Cl)C(F)(F)C(F)(F)C(F)(F)C(F)(F)C(F)(F)F. The maximum Gasteiger partial charge on any atom is 0.460 e. The molecule has 0 aromatic heterocycles. The summed E-state index contributed by atoms with van der Waals surface area (Å²) in [6.45, 7) is -0.141. The predicted octanol–water partition coefficient (Wildman–Crippen LogP) is 4.89. The van der Waals surface area contributed by atoms with Gasteiger partial charge in [-0.2, -0.15) is 48.3 Å². The van der Waals surface area contributed by atoms with E-state index < -0.39 is 49.0 Å². The van der Waals surface area contributed by atoms with Crippen LogP contribution < -0.4 is 0 Å². The molecule has 0 aliphatic heterocycles. The summed E-state index contributed by atoms with van der Waals surface area (Å²) < 4.78 is 143. The molecule has 0 aliphatic carbocycles. The summed E-state index contributed by atoms with van der Waals surface area (Å²) in [5.41, 5.74) is -1.91. The van der Waals surface area contributed by atoms with Gasteiger partial charge in [0.25, 0.3) is 0 Å². The molecule has 24 heavy (non-hydrogen) atoms. The lowest BCUT2D eigenvalue weighted by Gasteiger charge is -2.38. The van der Waals surface area contributed by atoms with E-state index in [0.29, 0.717) is 0 Å². The molecule has 1 atom stereocenters. The minimum atomic E-state index is -7.57. The predicted molar refractivity (Wildman–Crippen MR) is 60.6 cm³/mol. The van der Waals surface area contributed by atoms with Crippen molar-refractivity contribution >= 4 is 35.2 Å².